The van der Waals surface area contributed by atoms with E-state index < -0.39 is 5.41 Å². The normalized spacial score (nSPS) is 27.7. The topological polar surface area (TPSA) is 87.7 Å². The highest BCUT2D eigenvalue weighted by atomic mass is 32.2. The zero-order chi connectivity index (χ0) is 13.6. The van der Waals surface area contributed by atoms with Gasteiger partial charge in [0.05, 0.1) is 0 Å². The first-order chi connectivity index (χ1) is 8.56. The quantitative estimate of drug-likeness (QED) is 0.215. The van der Waals surface area contributed by atoms with E-state index in [2.05, 4.69) is 23.7 Å². The van der Waals surface area contributed by atoms with Crippen LogP contribution in [-0.4, -0.2) is 35.5 Å². The standard InChI is InChI=1S/C12H23N3O2S/c1-9-7-12(8-9,10(13)15-17)11(16)14-5-3-4-6-18-2/h9,17H,3-8H2,1-2H3,(H2,13,15)(H,14,16). The lowest BCUT2D eigenvalue weighted by molar-refractivity contribution is -0.133. The van der Waals surface area contributed by atoms with Crippen LogP contribution in [0.4, 0.5) is 0 Å². The van der Waals surface area contributed by atoms with Gasteiger partial charge < -0.3 is 16.3 Å². The Balaban J connectivity index is 2.43. The molecule has 1 aliphatic rings. The highest BCUT2D eigenvalue weighted by Crippen LogP contribution is 2.45. The Labute approximate surface area is 113 Å². The summed E-state index contributed by atoms with van der Waals surface area (Å²) in [6.07, 6.45) is 5.46. The third kappa shape index (κ3) is 3.31. The molecule has 0 saturated heterocycles. The Morgan fingerprint density at radius 1 is 1.56 bits per heavy atom. The van der Waals surface area contributed by atoms with Crippen molar-refractivity contribution in [2.75, 3.05) is 18.6 Å². The molecule has 1 fully saturated rings. The van der Waals surface area contributed by atoms with Crippen molar-refractivity contribution < 1.29 is 10.0 Å². The molecule has 104 valence electrons. The fourth-order valence-electron chi connectivity index (χ4n) is 2.48. The molecule has 0 radical (unpaired) electrons. The Morgan fingerprint density at radius 2 is 2.22 bits per heavy atom. The molecule has 0 aromatic rings. The van der Waals surface area contributed by atoms with Gasteiger partial charge in [-0.15, -0.1) is 0 Å². The zero-order valence-corrected chi connectivity index (χ0v) is 11.9. The van der Waals surface area contributed by atoms with Crippen LogP contribution < -0.4 is 11.1 Å². The van der Waals surface area contributed by atoms with Gasteiger partial charge in [-0.1, -0.05) is 12.1 Å². The van der Waals surface area contributed by atoms with Crippen molar-refractivity contribution in [3.05, 3.63) is 0 Å². The number of hydrogen-bond acceptors (Lipinski definition) is 4. The second-order valence-electron chi connectivity index (χ2n) is 5.04. The predicted molar refractivity (Wildman–Crippen MR) is 74.9 cm³/mol. The molecule has 4 N–H and O–H groups in total. The number of nitrogens with two attached hydrogens (primary N) is 1. The molecule has 0 unspecified atom stereocenters. The van der Waals surface area contributed by atoms with Gasteiger partial charge >= 0.3 is 0 Å². The molecule has 6 heteroatoms. The number of carbonyl (C=O) groups is 1. The molecule has 0 aliphatic heterocycles. The van der Waals surface area contributed by atoms with Gasteiger partial charge in [0.15, 0.2) is 5.84 Å². The minimum atomic E-state index is -0.770. The Bertz CT molecular complexity index is 314. The minimum Gasteiger partial charge on any atom is -0.409 e. The summed E-state index contributed by atoms with van der Waals surface area (Å²) in [7, 11) is 0. The molecule has 1 aliphatic carbocycles. The van der Waals surface area contributed by atoms with Crippen LogP contribution >= 0.6 is 11.8 Å². The van der Waals surface area contributed by atoms with E-state index in [0.717, 1.165) is 18.6 Å². The molecule has 0 heterocycles. The molecule has 18 heavy (non-hydrogen) atoms. The molecule has 0 aromatic heterocycles. The van der Waals surface area contributed by atoms with Gasteiger partial charge in [-0.3, -0.25) is 4.79 Å². The smallest absolute Gasteiger partial charge is 0.233 e. The van der Waals surface area contributed by atoms with Gasteiger partial charge in [0.1, 0.15) is 5.41 Å². The molecular weight excluding hydrogens is 250 g/mol. The molecular formula is C12H23N3O2S. The van der Waals surface area contributed by atoms with E-state index in [1.165, 1.54) is 0 Å². The molecule has 0 aromatic carbocycles. The SMILES string of the molecule is CSCCCCNC(=O)C1(C(N)=NO)CC(C)C1. The molecule has 1 rings (SSSR count). The second-order valence-corrected chi connectivity index (χ2v) is 6.02. The van der Waals surface area contributed by atoms with Gasteiger partial charge in [0.2, 0.25) is 5.91 Å². The third-order valence-corrected chi connectivity index (χ3v) is 4.18. The number of hydrogen-bond donors (Lipinski definition) is 3. The van der Waals surface area contributed by atoms with Crippen molar-refractivity contribution in [1.82, 2.24) is 5.32 Å². The lowest BCUT2D eigenvalue weighted by Gasteiger charge is -2.43. The van der Waals surface area contributed by atoms with Gasteiger partial charge in [-0.05, 0) is 43.6 Å². The van der Waals surface area contributed by atoms with E-state index in [1.807, 2.05) is 0 Å². The molecule has 0 bridgehead atoms. The van der Waals surface area contributed by atoms with E-state index in [1.54, 1.807) is 11.8 Å². The average Bonchev–Trinajstić information content (AvgIpc) is 2.33. The second kappa shape index (κ2) is 6.87. The van der Waals surface area contributed by atoms with Crippen molar-refractivity contribution >= 4 is 23.5 Å². The number of nitrogens with zero attached hydrogens (tertiary/aromatic N) is 1. The summed E-state index contributed by atoms with van der Waals surface area (Å²) >= 11 is 1.81. The summed E-state index contributed by atoms with van der Waals surface area (Å²) in [6.45, 7) is 2.73. The minimum absolute atomic E-state index is 0.0437. The maximum absolute atomic E-state index is 12.1. The number of oxime groups is 1. The van der Waals surface area contributed by atoms with Crippen LogP contribution in [-0.2, 0) is 4.79 Å². The molecule has 5 nitrogen and oxygen atoms in total. The van der Waals surface area contributed by atoms with E-state index in [-0.39, 0.29) is 11.7 Å². The van der Waals surface area contributed by atoms with Crippen LogP contribution in [0, 0.1) is 11.3 Å². The van der Waals surface area contributed by atoms with Crippen LogP contribution in [0.25, 0.3) is 0 Å². The number of amides is 1. The highest BCUT2D eigenvalue weighted by molar-refractivity contribution is 7.98. The summed E-state index contributed by atoms with van der Waals surface area (Å²) in [5, 5.41) is 14.7. The maximum atomic E-state index is 12.1. The van der Waals surface area contributed by atoms with Crippen molar-refractivity contribution in [1.29, 1.82) is 0 Å². The fourth-order valence-corrected chi connectivity index (χ4v) is 2.97. The van der Waals surface area contributed by atoms with Gasteiger partial charge in [0, 0.05) is 6.54 Å². The Hall–Kier alpha value is -0.910. The first kappa shape index (κ1) is 15.1. The monoisotopic (exact) mass is 273 g/mol. The van der Waals surface area contributed by atoms with Gasteiger partial charge in [0.25, 0.3) is 0 Å². The van der Waals surface area contributed by atoms with Crippen molar-refractivity contribution in [3.8, 4) is 0 Å². The number of rotatable bonds is 7. The third-order valence-electron chi connectivity index (χ3n) is 3.49. The molecule has 1 saturated carbocycles. The van der Waals surface area contributed by atoms with Crippen LogP contribution in [0.3, 0.4) is 0 Å². The molecule has 1 amide bonds. The number of carbonyl (C=O) groups excluding carboxylic acids is 1. The van der Waals surface area contributed by atoms with E-state index >= 15 is 0 Å². The molecule has 0 spiro atoms. The number of thioether (sulfide) groups is 1. The number of amidine groups is 1. The lowest BCUT2D eigenvalue weighted by atomic mass is 9.61. The summed E-state index contributed by atoms with van der Waals surface area (Å²) in [6, 6.07) is 0. The summed E-state index contributed by atoms with van der Waals surface area (Å²) in [4.78, 5) is 12.1. The van der Waals surface area contributed by atoms with Crippen LogP contribution in [0.1, 0.15) is 32.6 Å². The first-order valence-corrected chi connectivity index (χ1v) is 7.71. The average molecular weight is 273 g/mol. The Kier molecular flexibility index (Phi) is 5.78. The first-order valence-electron chi connectivity index (χ1n) is 6.32. The Morgan fingerprint density at radius 3 is 2.72 bits per heavy atom. The summed E-state index contributed by atoms with van der Waals surface area (Å²) < 4.78 is 0. The van der Waals surface area contributed by atoms with Crippen LogP contribution in [0.15, 0.2) is 5.16 Å². The largest absolute Gasteiger partial charge is 0.409 e. The van der Waals surface area contributed by atoms with Gasteiger partial charge in [-0.2, -0.15) is 11.8 Å². The van der Waals surface area contributed by atoms with Crippen molar-refractivity contribution in [2.45, 2.75) is 32.6 Å². The van der Waals surface area contributed by atoms with Crippen molar-refractivity contribution in [3.63, 3.8) is 0 Å². The maximum Gasteiger partial charge on any atom is 0.233 e. The zero-order valence-electron chi connectivity index (χ0n) is 11.1. The summed E-state index contributed by atoms with van der Waals surface area (Å²) in [5.74, 6) is 1.51. The van der Waals surface area contributed by atoms with Gasteiger partial charge in [-0.25, -0.2) is 0 Å². The molecule has 0 atom stereocenters. The fraction of sp³-hybridized carbons (Fsp3) is 0.833. The van der Waals surface area contributed by atoms with E-state index in [0.29, 0.717) is 25.3 Å². The van der Waals surface area contributed by atoms with Crippen LogP contribution in [0.2, 0.25) is 0 Å². The van der Waals surface area contributed by atoms with Crippen LogP contribution in [0.5, 0.6) is 0 Å². The van der Waals surface area contributed by atoms with E-state index in [9.17, 15) is 4.79 Å². The summed E-state index contributed by atoms with van der Waals surface area (Å²) in [5.41, 5.74) is 4.89. The lowest BCUT2D eigenvalue weighted by Crippen LogP contribution is -2.56. The number of unbranched alkanes of at least 4 members (excludes halogenated alkanes) is 1. The number of nitrogens with one attached hydrogen (secondary N) is 1. The van der Waals surface area contributed by atoms with Crippen molar-refractivity contribution in [2.24, 2.45) is 22.2 Å². The predicted octanol–water partition coefficient (Wildman–Crippen LogP) is 1.41. The highest BCUT2D eigenvalue weighted by Gasteiger charge is 2.51. The van der Waals surface area contributed by atoms with E-state index in [4.69, 9.17) is 10.9 Å².